The minimum atomic E-state index is -4.98. The van der Waals surface area contributed by atoms with Crippen molar-refractivity contribution in [3.8, 4) is 0 Å². The molecular weight excluding hydrogens is 639 g/mol. The van der Waals surface area contributed by atoms with E-state index in [0.29, 0.717) is 11.1 Å². The number of aliphatic imine (C=N–C) groups is 1. The van der Waals surface area contributed by atoms with Crippen LogP contribution < -0.4 is 5.32 Å². The Bertz CT molecular complexity index is 1380. The number of benzene rings is 2. The van der Waals surface area contributed by atoms with Gasteiger partial charge in [-0.3, -0.25) is 19.9 Å². The minimum Gasteiger partial charge on any atom is -0.481 e. The van der Waals surface area contributed by atoms with Gasteiger partial charge in [0.25, 0.3) is 5.91 Å². The van der Waals surface area contributed by atoms with Crippen molar-refractivity contribution < 1.29 is 46.1 Å². The Morgan fingerprint density at radius 2 is 1.55 bits per heavy atom. The molecule has 0 saturated heterocycles. The van der Waals surface area contributed by atoms with Crippen LogP contribution in [0.3, 0.4) is 0 Å². The molecule has 1 heterocycles. The molecule has 0 aromatic heterocycles. The first-order chi connectivity index (χ1) is 20.4. The van der Waals surface area contributed by atoms with Crippen LogP contribution in [0.4, 0.5) is 26.3 Å². The van der Waals surface area contributed by atoms with E-state index in [4.69, 9.17) is 28.3 Å². The van der Waals surface area contributed by atoms with Gasteiger partial charge in [0, 0.05) is 35.0 Å². The molecule has 15 heteroatoms. The van der Waals surface area contributed by atoms with Crippen molar-refractivity contribution in [3.05, 3.63) is 69.2 Å². The van der Waals surface area contributed by atoms with Crippen LogP contribution in [0.25, 0.3) is 0 Å². The zero-order chi connectivity index (χ0) is 32.6. The molecule has 2 aromatic rings. The summed E-state index contributed by atoms with van der Waals surface area (Å²) in [4.78, 5) is 30.3. The fraction of sp³-hybridized carbons (Fsp3) is 0.483. The first-order valence-corrected chi connectivity index (χ1v) is 14.5. The molecule has 1 aliphatic carbocycles. The molecule has 1 spiro atoms. The van der Waals surface area contributed by atoms with E-state index in [2.05, 4.69) is 10.3 Å². The van der Waals surface area contributed by atoms with E-state index < -0.39 is 73.3 Å². The van der Waals surface area contributed by atoms with Gasteiger partial charge in [-0.15, -0.1) is 0 Å². The molecule has 3 N–H and O–H groups in total. The van der Waals surface area contributed by atoms with Gasteiger partial charge in [-0.2, -0.15) is 26.3 Å². The van der Waals surface area contributed by atoms with E-state index >= 15 is 0 Å². The number of hydrogen-bond acceptors (Lipinski definition) is 5. The number of carbonyl (C=O) groups is 2. The Morgan fingerprint density at radius 1 is 1.02 bits per heavy atom. The summed E-state index contributed by atoms with van der Waals surface area (Å²) in [5.74, 6) is -6.69. The van der Waals surface area contributed by atoms with Crippen LogP contribution in [0.2, 0.25) is 10.0 Å². The van der Waals surface area contributed by atoms with Gasteiger partial charge in [-0.05, 0) is 42.2 Å². The highest BCUT2D eigenvalue weighted by molar-refractivity contribution is 6.47. The van der Waals surface area contributed by atoms with Crippen LogP contribution in [0, 0.1) is 11.8 Å². The van der Waals surface area contributed by atoms with E-state index in [0.717, 1.165) is 4.90 Å². The second-order valence-corrected chi connectivity index (χ2v) is 11.9. The van der Waals surface area contributed by atoms with Crippen molar-refractivity contribution in [2.24, 2.45) is 16.8 Å². The summed E-state index contributed by atoms with van der Waals surface area (Å²) in [7, 11) is 0. The highest BCUT2D eigenvalue weighted by Crippen LogP contribution is 2.55. The molecule has 0 bridgehead atoms. The van der Waals surface area contributed by atoms with Gasteiger partial charge in [0.05, 0.1) is 24.3 Å². The van der Waals surface area contributed by atoms with Crippen LogP contribution in [-0.4, -0.2) is 57.3 Å². The predicted molar refractivity (Wildman–Crippen MR) is 150 cm³/mol. The number of halogens is 8. The number of amides is 1. The first-order valence-electron chi connectivity index (χ1n) is 13.7. The summed E-state index contributed by atoms with van der Waals surface area (Å²) in [6, 6.07) is 8.97. The maximum Gasteiger partial charge on any atom is 0.391 e. The van der Waals surface area contributed by atoms with Gasteiger partial charge in [-0.1, -0.05) is 54.4 Å². The Balaban J connectivity index is 1.80. The summed E-state index contributed by atoms with van der Waals surface area (Å²) in [6.45, 7) is 1.61. The summed E-state index contributed by atoms with van der Waals surface area (Å²) in [5, 5.41) is 22.0. The molecule has 2 aromatic carbocycles. The molecule has 3 unspecified atom stereocenters. The van der Waals surface area contributed by atoms with Crippen LogP contribution in [0.5, 0.6) is 0 Å². The average molecular weight is 668 g/mol. The standard InChI is InChI=1S/C29H29Cl2F6N3O4/c1-2-22(15-3-5-16(6-4-15)25(43)38-8-7-23(41)42)40-26(44)24(17-9-20(30)12-21(31)10-17)39-27(40)13-18(28(32,33)34)11-19(14-27)29(35,36)37/h3-6,9-10,12,18-19,22,25,38,43H,2,7-8,11,13-14H2,1H3,(H,41,42)/t18?,19?,22-,25?,27?/m1/s1. The van der Waals surface area contributed by atoms with Crippen molar-refractivity contribution >= 4 is 40.8 Å². The Hall–Kier alpha value is -2.87. The third-order valence-corrected chi connectivity index (χ3v) is 8.42. The third kappa shape index (κ3) is 7.32. The lowest BCUT2D eigenvalue weighted by Gasteiger charge is -2.48. The van der Waals surface area contributed by atoms with Gasteiger partial charge in [0.15, 0.2) is 0 Å². The molecule has 44 heavy (non-hydrogen) atoms. The van der Waals surface area contributed by atoms with Crippen molar-refractivity contribution in [2.45, 2.75) is 69.3 Å². The highest BCUT2D eigenvalue weighted by Gasteiger charge is 2.62. The SMILES string of the molecule is CC[C@H](c1ccc(C(O)NCCC(=O)O)cc1)N1C(=O)C(c2cc(Cl)cc(Cl)c2)=NC12CC(C(F)(F)F)CC(C(F)(F)F)C2. The monoisotopic (exact) mass is 667 g/mol. The van der Waals surface area contributed by atoms with Gasteiger partial charge < -0.3 is 15.1 Å². The quantitative estimate of drug-likeness (QED) is 0.196. The number of carbonyl (C=O) groups excluding carboxylic acids is 1. The van der Waals surface area contributed by atoms with Crippen molar-refractivity contribution in [3.63, 3.8) is 0 Å². The lowest BCUT2D eigenvalue weighted by Crippen LogP contribution is -2.56. The first kappa shape index (κ1) is 34.0. The number of carboxylic acids is 1. The molecular formula is C29H29Cl2F6N3O4. The topological polar surface area (TPSA) is 102 Å². The Labute approximate surface area is 258 Å². The number of aliphatic hydroxyl groups excluding tert-OH is 1. The van der Waals surface area contributed by atoms with E-state index in [1.165, 1.54) is 42.5 Å². The summed E-state index contributed by atoms with van der Waals surface area (Å²) < 4.78 is 84.8. The number of carboxylic acid groups (broad SMARTS) is 1. The van der Waals surface area contributed by atoms with Gasteiger partial charge in [-0.25, -0.2) is 0 Å². The zero-order valence-electron chi connectivity index (χ0n) is 23.2. The summed E-state index contributed by atoms with van der Waals surface area (Å²) >= 11 is 12.2. The second-order valence-electron chi connectivity index (χ2n) is 11.0. The second kappa shape index (κ2) is 12.9. The molecule has 2 aliphatic rings. The summed E-state index contributed by atoms with van der Waals surface area (Å²) in [6.07, 6.45) is -14.2. The number of aliphatic carboxylic acids is 1. The van der Waals surface area contributed by atoms with Crippen molar-refractivity contribution in [2.75, 3.05) is 6.54 Å². The maximum atomic E-state index is 14.1. The van der Waals surface area contributed by atoms with E-state index in [1.54, 1.807) is 6.92 Å². The lowest BCUT2D eigenvalue weighted by atomic mass is 9.73. The van der Waals surface area contributed by atoms with Crippen LogP contribution in [0.15, 0.2) is 47.5 Å². The molecule has 1 fully saturated rings. The molecule has 0 radical (unpaired) electrons. The molecule has 1 amide bonds. The molecule has 1 saturated carbocycles. The van der Waals surface area contributed by atoms with Gasteiger partial charge in [0.2, 0.25) is 0 Å². The number of rotatable bonds is 9. The maximum absolute atomic E-state index is 14.1. The van der Waals surface area contributed by atoms with Crippen LogP contribution in [0.1, 0.15) is 68.0 Å². The lowest BCUT2D eigenvalue weighted by molar-refractivity contribution is -0.239. The van der Waals surface area contributed by atoms with Gasteiger partial charge in [0.1, 0.15) is 17.6 Å². The number of hydrogen-bond donors (Lipinski definition) is 3. The largest absolute Gasteiger partial charge is 0.481 e. The Morgan fingerprint density at radius 3 is 2.02 bits per heavy atom. The smallest absolute Gasteiger partial charge is 0.391 e. The van der Waals surface area contributed by atoms with Gasteiger partial charge >= 0.3 is 18.3 Å². The summed E-state index contributed by atoms with van der Waals surface area (Å²) in [5.41, 5.74) is -1.75. The fourth-order valence-corrected chi connectivity index (χ4v) is 6.52. The molecule has 1 aliphatic heterocycles. The average Bonchev–Trinajstić information content (AvgIpc) is 3.18. The zero-order valence-corrected chi connectivity index (χ0v) is 24.7. The number of nitrogens with zero attached hydrogens (tertiary/aromatic N) is 2. The Kier molecular flexibility index (Phi) is 9.94. The number of aliphatic hydroxyl groups is 1. The molecule has 4 atom stereocenters. The van der Waals surface area contributed by atoms with Crippen molar-refractivity contribution in [1.82, 2.24) is 10.2 Å². The fourth-order valence-electron chi connectivity index (χ4n) is 5.99. The van der Waals surface area contributed by atoms with E-state index in [9.17, 15) is 41.0 Å². The molecule has 240 valence electrons. The number of alkyl halides is 6. The molecule has 4 rings (SSSR count). The minimum absolute atomic E-state index is 0.0327. The predicted octanol–water partition coefficient (Wildman–Crippen LogP) is 7.07. The van der Waals surface area contributed by atoms with E-state index in [1.807, 2.05) is 0 Å². The third-order valence-electron chi connectivity index (χ3n) is 7.98. The number of nitrogens with one attached hydrogen (secondary N) is 1. The highest BCUT2D eigenvalue weighted by atomic mass is 35.5. The normalized spacial score (nSPS) is 24.0. The van der Waals surface area contributed by atoms with Crippen LogP contribution in [-0.2, 0) is 9.59 Å². The molecule has 7 nitrogen and oxygen atoms in total. The van der Waals surface area contributed by atoms with E-state index in [-0.39, 0.29) is 40.7 Å². The van der Waals surface area contributed by atoms with Crippen LogP contribution >= 0.6 is 23.2 Å². The van der Waals surface area contributed by atoms with Crippen molar-refractivity contribution in [1.29, 1.82) is 0 Å².